The van der Waals surface area contributed by atoms with Crippen molar-refractivity contribution >= 4 is 5.97 Å². The molecule has 0 fully saturated rings. The summed E-state index contributed by atoms with van der Waals surface area (Å²) < 4.78 is 0. The van der Waals surface area contributed by atoms with E-state index in [1.54, 1.807) is 6.92 Å². The van der Waals surface area contributed by atoms with Gasteiger partial charge in [-0.3, -0.25) is 4.79 Å². The van der Waals surface area contributed by atoms with Gasteiger partial charge in [-0.1, -0.05) is 6.92 Å². The van der Waals surface area contributed by atoms with Crippen LogP contribution in [0.4, 0.5) is 0 Å². The molecule has 0 aliphatic heterocycles. The fourth-order valence-electron chi connectivity index (χ4n) is 0.0589. The van der Waals surface area contributed by atoms with Crippen LogP contribution in [0.1, 0.15) is 13.3 Å². The average molecular weight is 128 g/mol. The van der Waals surface area contributed by atoms with Crippen LogP contribution >= 0.6 is 0 Å². The molecule has 0 aliphatic carbocycles. The Bertz CT molecular complexity index is 48.1. The molecule has 0 rings (SSSR count). The molecule has 0 N–H and O–H groups in total. The Hall–Kier alpha value is 1.07. The smallest absolute Gasteiger partial charge is 0.662 e. The minimum absolute atomic E-state index is 0. The maximum Gasteiger partial charge on any atom is 1.00 e. The Labute approximate surface area is 84.4 Å². The van der Waals surface area contributed by atoms with E-state index in [2.05, 4.69) is 4.89 Å². The Morgan fingerprint density at radius 1 is 1.86 bits per heavy atom. The average Bonchev–Trinajstić information content (AvgIpc) is 1.65. The van der Waals surface area contributed by atoms with E-state index in [-0.39, 0.29) is 57.8 Å². The van der Waals surface area contributed by atoms with Crippen molar-refractivity contribution in [2.45, 2.75) is 13.3 Å². The predicted octanol–water partition coefficient (Wildman–Crippen LogP) is -3.78. The van der Waals surface area contributed by atoms with E-state index in [0.717, 1.165) is 0 Å². The van der Waals surface area contributed by atoms with Crippen molar-refractivity contribution in [2.24, 2.45) is 0 Å². The molecule has 0 radical (unpaired) electrons. The summed E-state index contributed by atoms with van der Waals surface area (Å²) in [5.74, 6) is -0.713. The largest absolute Gasteiger partial charge is 1.00 e. The second-order valence-corrected chi connectivity index (χ2v) is 0.809. The molecule has 0 aromatic carbocycles. The second kappa shape index (κ2) is 7.07. The van der Waals surface area contributed by atoms with Gasteiger partial charge >= 0.3 is 51.4 Å². The van der Waals surface area contributed by atoms with E-state index in [0.29, 0.717) is 0 Å². The normalized spacial score (nSPS) is 6.57. The van der Waals surface area contributed by atoms with Crippen LogP contribution in [0, 0.1) is 0 Å². The Morgan fingerprint density at radius 3 is 2.29 bits per heavy atom. The summed E-state index contributed by atoms with van der Waals surface area (Å²) in [6.45, 7) is 1.56. The molecule has 4 heteroatoms. The minimum atomic E-state index is -0.713. The number of carbonyl (C=O) groups excluding carboxylic acids is 1. The monoisotopic (exact) mass is 128 g/mol. The molecule has 36 valence electrons. The topological polar surface area (TPSA) is 49.4 Å². The van der Waals surface area contributed by atoms with E-state index < -0.39 is 5.97 Å². The van der Waals surface area contributed by atoms with Gasteiger partial charge in [-0.25, -0.2) is 0 Å². The van der Waals surface area contributed by atoms with Crippen LogP contribution < -0.4 is 56.6 Å². The quantitative estimate of drug-likeness (QED) is 0.207. The van der Waals surface area contributed by atoms with Crippen LogP contribution in [0.15, 0.2) is 0 Å². The molecular formula is C3H5KO3. The van der Waals surface area contributed by atoms with Crippen molar-refractivity contribution in [3.05, 3.63) is 0 Å². The third-order valence-electron chi connectivity index (χ3n) is 0.382. The van der Waals surface area contributed by atoms with Gasteiger partial charge in [0.15, 0.2) is 0 Å². The zero-order valence-electron chi connectivity index (χ0n) is 4.43. The first-order chi connectivity index (χ1) is 2.81. The fraction of sp³-hybridized carbons (Fsp3) is 0.667. The van der Waals surface area contributed by atoms with Gasteiger partial charge in [0, 0.05) is 6.42 Å². The van der Waals surface area contributed by atoms with Crippen molar-refractivity contribution in [1.29, 1.82) is 0 Å². The van der Waals surface area contributed by atoms with Gasteiger partial charge in [0.1, 0.15) is 0 Å². The first kappa shape index (κ1) is 10.9. The second-order valence-electron chi connectivity index (χ2n) is 0.809. The molecular weight excluding hydrogens is 123 g/mol. The van der Waals surface area contributed by atoms with Gasteiger partial charge in [-0.15, -0.1) is 0 Å². The summed E-state index contributed by atoms with van der Waals surface area (Å²) in [6, 6.07) is 0. The molecule has 0 aromatic rings. The van der Waals surface area contributed by atoms with Gasteiger partial charge in [-0.05, 0) is 0 Å². The molecule has 0 amide bonds. The van der Waals surface area contributed by atoms with Crippen LogP contribution in [0.25, 0.3) is 0 Å². The number of hydrogen-bond acceptors (Lipinski definition) is 3. The van der Waals surface area contributed by atoms with E-state index >= 15 is 0 Å². The summed E-state index contributed by atoms with van der Waals surface area (Å²) in [7, 11) is 0. The van der Waals surface area contributed by atoms with Gasteiger partial charge < -0.3 is 10.1 Å². The van der Waals surface area contributed by atoms with Crippen LogP contribution in [-0.2, 0) is 9.68 Å². The number of carbonyl (C=O) groups is 1. The summed E-state index contributed by atoms with van der Waals surface area (Å²) in [5.41, 5.74) is 0. The van der Waals surface area contributed by atoms with E-state index in [1.165, 1.54) is 0 Å². The first-order valence-electron chi connectivity index (χ1n) is 1.64. The van der Waals surface area contributed by atoms with Gasteiger partial charge in [-0.2, -0.15) is 0 Å². The zero-order valence-corrected chi connectivity index (χ0v) is 7.55. The molecule has 3 nitrogen and oxygen atoms in total. The molecule has 0 heterocycles. The first-order valence-corrected chi connectivity index (χ1v) is 1.64. The SMILES string of the molecule is CCC(=O)O[O-].[K+]. The van der Waals surface area contributed by atoms with E-state index in [9.17, 15) is 4.79 Å². The van der Waals surface area contributed by atoms with Gasteiger partial charge in [0.05, 0.1) is 0 Å². The molecule has 0 unspecified atom stereocenters. The number of hydrogen-bond donors (Lipinski definition) is 0. The predicted molar refractivity (Wildman–Crippen MR) is 16.4 cm³/mol. The molecule has 0 spiro atoms. The fourth-order valence-corrected chi connectivity index (χ4v) is 0.0589. The Morgan fingerprint density at radius 2 is 2.29 bits per heavy atom. The van der Waals surface area contributed by atoms with Crippen molar-refractivity contribution < 1.29 is 66.3 Å². The third kappa shape index (κ3) is 7.07. The maximum atomic E-state index is 9.65. The third-order valence-corrected chi connectivity index (χ3v) is 0.382. The van der Waals surface area contributed by atoms with Crippen molar-refractivity contribution in [1.82, 2.24) is 0 Å². The molecule has 0 saturated heterocycles. The maximum absolute atomic E-state index is 9.65. The molecule has 0 aromatic heterocycles. The summed E-state index contributed by atoms with van der Waals surface area (Å²) in [4.78, 5) is 12.7. The van der Waals surface area contributed by atoms with Gasteiger partial charge in [0.25, 0.3) is 5.97 Å². The Balaban J connectivity index is 0. The van der Waals surface area contributed by atoms with Crippen molar-refractivity contribution in [3.63, 3.8) is 0 Å². The summed E-state index contributed by atoms with van der Waals surface area (Å²) >= 11 is 0. The van der Waals surface area contributed by atoms with Crippen LogP contribution in [0.2, 0.25) is 0 Å². The van der Waals surface area contributed by atoms with E-state index in [4.69, 9.17) is 5.26 Å². The van der Waals surface area contributed by atoms with Crippen molar-refractivity contribution in [3.8, 4) is 0 Å². The van der Waals surface area contributed by atoms with E-state index in [1.807, 2.05) is 0 Å². The summed E-state index contributed by atoms with van der Waals surface area (Å²) in [6.07, 6.45) is 0.156. The molecule has 0 atom stereocenters. The molecule has 0 aliphatic rings. The van der Waals surface area contributed by atoms with Crippen molar-refractivity contribution in [2.75, 3.05) is 0 Å². The van der Waals surface area contributed by atoms with Gasteiger partial charge in [0.2, 0.25) is 0 Å². The van der Waals surface area contributed by atoms with Crippen LogP contribution in [0.3, 0.4) is 0 Å². The van der Waals surface area contributed by atoms with Crippen LogP contribution in [0.5, 0.6) is 0 Å². The zero-order chi connectivity index (χ0) is 4.99. The van der Waals surface area contributed by atoms with Crippen LogP contribution in [-0.4, -0.2) is 5.97 Å². The Kier molecular flexibility index (Phi) is 11.0. The molecule has 0 saturated carbocycles. The summed E-state index contributed by atoms with van der Waals surface area (Å²) in [5, 5.41) is 9.01. The number of rotatable bonds is 1. The molecule has 7 heavy (non-hydrogen) atoms. The minimum Gasteiger partial charge on any atom is -0.662 e. The standard InChI is InChI=1S/C3H6O3.K/c1-2-3(4)6-5;/h5H,2H2,1H3;/q;+1/p-1. The molecule has 0 bridgehead atoms.